The lowest BCUT2D eigenvalue weighted by Crippen LogP contribution is -2.46. The van der Waals surface area contributed by atoms with Crippen LogP contribution in [-0.4, -0.2) is 40.8 Å². The number of aromatic nitrogens is 1. The average molecular weight is 340 g/mol. The summed E-state index contributed by atoms with van der Waals surface area (Å²) < 4.78 is 0.575. The van der Waals surface area contributed by atoms with Gasteiger partial charge in [0.1, 0.15) is 4.60 Å². The Kier molecular flexibility index (Phi) is 5.11. The molecule has 0 unspecified atom stereocenters. The van der Waals surface area contributed by atoms with Crippen molar-refractivity contribution in [3.8, 4) is 0 Å². The first kappa shape index (κ1) is 15.0. The Morgan fingerprint density at radius 2 is 2.15 bits per heavy atom. The van der Waals surface area contributed by atoms with Gasteiger partial charge in [-0.3, -0.25) is 9.59 Å². The maximum Gasteiger partial charge on any atom is 0.256 e. The van der Waals surface area contributed by atoms with E-state index in [-0.39, 0.29) is 17.9 Å². The number of halogens is 1. The van der Waals surface area contributed by atoms with Crippen LogP contribution >= 0.6 is 15.9 Å². The standard InChI is InChI=1S/C14H18BrN3O2/c1-2-12(19)17-10-5-8-18(9-6-10)14(20)11-4-3-7-16-13(11)15/h3-4,7,10H,2,5-6,8-9H2,1H3,(H,17,19). The van der Waals surface area contributed by atoms with Gasteiger partial charge < -0.3 is 10.2 Å². The molecule has 1 aliphatic rings. The minimum absolute atomic E-state index is 0.00903. The highest BCUT2D eigenvalue weighted by molar-refractivity contribution is 9.10. The van der Waals surface area contributed by atoms with Gasteiger partial charge in [-0.1, -0.05) is 6.92 Å². The zero-order chi connectivity index (χ0) is 14.5. The molecule has 20 heavy (non-hydrogen) atoms. The van der Waals surface area contributed by atoms with Crippen LogP contribution in [0.1, 0.15) is 36.5 Å². The first-order valence-electron chi connectivity index (χ1n) is 6.81. The monoisotopic (exact) mass is 339 g/mol. The molecule has 0 aliphatic carbocycles. The number of pyridine rings is 1. The van der Waals surface area contributed by atoms with Crippen LogP contribution in [0.25, 0.3) is 0 Å². The number of amides is 2. The van der Waals surface area contributed by atoms with Crippen molar-refractivity contribution in [3.05, 3.63) is 28.5 Å². The Morgan fingerprint density at radius 1 is 1.45 bits per heavy atom. The van der Waals surface area contributed by atoms with Crippen molar-refractivity contribution in [2.24, 2.45) is 0 Å². The van der Waals surface area contributed by atoms with E-state index in [1.807, 2.05) is 11.8 Å². The lowest BCUT2D eigenvalue weighted by Gasteiger charge is -2.32. The Hall–Kier alpha value is -1.43. The highest BCUT2D eigenvalue weighted by Crippen LogP contribution is 2.18. The quantitative estimate of drug-likeness (QED) is 0.856. The second-order valence-electron chi connectivity index (χ2n) is 4.83. The fourth-order valence-corrected chi connectivity index (χ4v) is 2.69. The molecule has 0 atom stereocenters. The van der Waals surface area contributed by atoms with E-state index in [9.17, 15) is 9.59 Å². The molecule has 6 heteroatoms. The third kappa shape index (κ3) is 3.56. The molecule has 1 aromatic heterocycles. The number of nitrogens with one attached hydrogen (secondary N) is 1. The number of rotatable bonds is 3. The molecule has 108 valence electrons. The predicted molar refractivity (Wildman–Crippen MR) is 79.3 cm³/mol. The van der Waals surface area contributed by atoms with E-state index in [1.165, 1.54) is 0 Å². The van der Waals surface area contributed by atoms with Crippen LogP contribution in [0.15, 0.2) is 22.9 Å². The molecule has 2 amide bonds. The fraction of sp³-hybridized carbons (Fsp3) is 0.500. The van der Waals surface area contributed by atoms with Gasteiger partial charge in [-0.25, -0.2) is 4.98 Å². The van der Waals surface area contributed by atoms with Crippen LogP contribution in [0, 0.1) is 0 Å². The van der Waals surface area contributed by atoms with E-state index in [2.05, 4.69) is 26.2 Å². The highest BCUT2D eigenvalue weighted by Gasteiger charge is 2.25. The zero-order valence-corrected chi connectivity index (χ0v) is 13.0. The predicted octanol–water partition coefficient (Wildman–Crippen LogP) is 1.97. The molecule has 1 N–H and O–H groups in total. The summed E-state index contributed by atoms with van der Waals surface area (Å²) in [5.41, 5.74) is 0.587. The molecule has 0 saturated carbocycles. The zero-order valence-electron chi connectivity index (χ0n) is 11.4. The molecule has 1 saturated heterocycles. The molecule has 1 fully saturated rings. The molecular weight excluding hydrogens is 322 g/mol. The second kappa shape index (κ2) is 6.83. The van der Waals surface area contributed by atoms with Gasteiger partial charge >= 0.3 is 0 Å². The number of carbonyl (C=O) groups is 2. The lowest BCUT2D eigenvalue weighted by molar-refractivity contribution is -0.121. The van der Waals surface area contributed by atoms with Gasteiger partial charge in [0.05, 0.1) is 5.56 Å². The molecule has 2 rings (SSSR count). The SMILES string of the molecule is CCC(=O)NC1CCN(C(=O)c2cccnc2Br)CC1. The molecule has 0 spiro atoms. The largest absolute Gasteiger partial charge is 0.353 e. The van der Waals surface area contributed by atoms with E-state index in [0.717, 1.165) is 12.8 Å². The number of nitrogens with zero attached hydrogens (tertiary/aromatic N) is 2. The summed E-state index contributed by atoms with van der Waals surface area (Å²) in [4.78, 5) is 29.6. The lowest BCUT2D eigenvalue weighted by atomic mass is 10.0. The molecule has 0 bridgehead atoms. The van der Waals surface area contributed by atoms with Gasteiger partial charge in [-0.05, 0) is 40.9 Å². The second-order valence-corrected chi connectivity index (χ2v) is 5.58. The van der Waals surface area contributed by atoms with Crippen molar-refractivity contribution in [1.82, 2.24) is 15.2 Å². The van der Waals surface area contributed by atoms with Crippen LogP contribution < -0.4 is 5.32 Å². The topological polar surface area (TPSA) is 62.3 Å². The molecule has 5 nitrogen and oxygen atoms in total. The number of hydrogen-bond acceptors (Lipinski definition) is 3. The summed E-state index contributed by atoms with van der Waals surface area (Å²) in [5, 5.41) is 2.98. The van der Waals surface area contributed by atoms with Crippen molar-refractivity contribution in [3.63, 3.8) is 0 Å². The Balaban J connectivity index is 1.92. The van der Waals surface area contributed by atoms with E-state index in [1.54, 1.807) is 18.3 Å². The van der Waals surface area contributed by atoms with Crippen LogP contribution in [0.2, 0.25) is 0 Å². The highest BCUT2D eigenvalue weighted by atomic mass is 79.9. The Morgan fingerprint density at radius 3 is 2.75 bits per heavy atom. The van der Waals surface area contributed by atoms with Gasteiger partial charge in [0.15, 0.2) is 0 Å². The van der Waals surface area contributed by atoms with Crippen molar-refractivity contribution >= 4 is 27.7 Å². The van der Waals surface area contributed by atoms with E-state index >= 15 is 0 Å². The maximum absolute atomic E-state index is 12.4. The Bertz CT molecular complexity index is 499. The van der Waals surface area contributed by atoms with Crippen molar-refractivity contribution < 1.29 is 9.59 Å². The number of carbonyl (C=O) groups excluding carboxylic acids is 2. The molecule has 2 heterocycles. The van der Waals surface area contributed by atoms with E-state index in [4.69, 9.17) is 0 Å². The first-order valence-corrected chi connectivity index (χ1v) is 7.60. The smallest absolute Gasteiger partial charge is 0.256 e. The summed E-state index contributed by atoms with van der Waals surface area (Å²) in [7, 11) is 0. The molecule has 0 radical (unpaired) electrons. The van der Waals surface area contributed by atoms with Gasteiger partial charge in [0.2, 0.25) is 5.91 Å². The number of piperidine rings is 1. The summed E-state index contributed by atoms with van der Waals surface area (Å²) in [6, 6.07) is 3.71. The van der Waals surface area contributed by atoms with Gasteiger partial charge in [0.25, 0.3) is 5.91 Å². The molecular formula is C14H18BrN3O2. The van der Waals surface area contributed by atoms with Gasteiger partial charge in [0, 0.05) is 31.7 Å². The van der Waals surface area contributed by atoms with Gasteiger partial charge in [-0.2, -0.15) is 0 Å². The van der Waals surface area contributed by atoms with Crippen molar-refractivity contribution in [2.75, 3.05) is 13.1 Å². The van der Waals surface area contributed by atoms with E-state index in [0.29, 0.717) is 29.7 Å². The molecule has 1 aliphatic heterocycles. The number of likely N-dealkylation sites (tertiary alicyclic amines) is 1. The summed E-state index contributed by atoms with van der Waals surface area (Å²) >= 11 is 3.30. The first-order chi connectivity index (χ1) is 9.61. The maximum atomic E-state index is 12.4. The average Bonchev–Trinajstić information content (AvgIpc) is 2.47. The fourth-order valence-electron chi connectivity index (χ4n) is 2.27. The van der Waals surface area contributed by atoms with Crippen LogP contribution in [-0.2, 0) is 4.79 Å². The third-order valence-electron chi connectivity index (χ3n) is 3.46. The number of hydrogen-bond donors (Lipinski definition) is 1. The normalized spacial score (nSPS) is 16.0. The minimum Gasteiger partial charge on any atom is -0.353 e. The van der Waals surface area contributed by atoms with E-state index < -0.39 is 0 Å². The van der Waals surface area contributed by atoms with Crippen LogP contribution in [0.5, 0.6) is 0 Å². The summed E-state index contributed by atoms with van der Waals surface area (Å²) in [6.45, 7) is 3.16. The summed E-state index contributed by atoms with van der Waals surface area (Å²) in [5.74, 6) is 0.0648. The van der Waals surface area contributed by atoms with Crippen molar-refractivity contribution in [2.45, 2.75) is 32.2 Å². The van der Waals surface area contributed by atoms with Crippen LogP contribution in [0.4, 0.5) is 0 Å². The molecule has 1 aromatic rings. The van der Waals surface area contributed by atoms with Crippen molar-refractivity contribution in [1.29, 1.82) is 0 Å². The Labute approximate surface area is 126 Å². The minimum atomic E-state index is -0.00903. The van der Waals surface area contributed by atoms with Crippen LogP contribution in [0.3, 0.4) is 0 Å². The van der Waals surface area contributed by atoms with Gasteiger partial charge in [-0.15, -0.1) is 0 Å². The summed E-state index contributed by atoms with van der Waals surface area (Å²) in [6.07, 6.45) is 3.75. The third-order valence-corrected chi connectivity index (χ3v) is 4.09. The molecule has 0 aromatic carbocycles.